The van der Waals surface area contributed by atoms with Gasteiger partial charge in [-0.2, -0.15) is 0 Å². The third-order valence-corrected chi connectivity index (χ3v) is 5.02. The number of amides is 2. The fourth-order valence-electron chi connectivity index (χ4n) is 3.55. The van der Waals surface area contributed by atoms with Crippen molar-refractivity contribution < 1.29 is 14.3 Å². The summed E-state index contributed by atoms with van der Waals surface area (Å²) in [6.07, 6.45) is 3.41. The van der Waals surface area contributed by atoms with Crippen LogP contribution in [0.5, 0.6) is 0 Å². The minimum Gasteiger partial charge on any atom is -0.362 e. The number of rotatable bonds is 1. The molecule has 108 valence electrons. The molecule has 0 aromatic heterocycles. The number of ether oxygens (including phenoxy) is 1. The van der Waals surface area contributed by atoms with Crippen LogP contribution in [0.25, 0.3) is 0 Å². The van der Waals surface area contributed by atoms with E-state index < -0.39 is 17.4 Å². The molecule has 6 heteroatoms. The molecule has 4 nitrogen and oxygen atoms in total. The van der Waals surface area contributed by atoms with E-state index in [0.29, 0.717) is 10.7 Å². The lowest BCUT2D eigenvalue weighted by Crippen LogP contribution is -2.38. The molecule has 0 saturated carbocycles. The van der Waals surface area contributed by atoms with Crippen molar-refractivity contribution in [2.75, 3.05) is 4.90 Å². The Morgan fingerprint density at radius 1 is 1.24 bits per heavy atom. The third-order valence-electron chi connectivity index (χ3n) is 4.48. The summed E-state index contributed by atoms with van der Waals surface area (Å²) in [5.41, 5.74) is -0.316. The molecule has 4 atom stereocenters. The van der Waals surface area contributed by atoms with Crippen molar-refractivity contribution in [2.45, 2.75) is 18.6 Å². The molecule has 21 heavy (non-hydrogen) atoms. The van der Waals surface area contributed by atoms with Crippen molar-refractivity contribution in [2.24, 2.45) is 11.8 Å². The SMILES string of the molecule is CC12C=CC(O1)C1C(=O)N(c3ccc(Cl)cc3Cl)C(=O)C12. The Morgan fingerprint density at radius 2 is 2.00 bits per heavy atom. The molecule has 2 bridgehead atoms. The highest BCUT2D eigenvalue weighted by Gasteiger charge is 2.66. The lowest BCUT2D eigenvalue weighted by atomic mass is 9.78. The molecule has 3 aliphatic heterocycles. The Labute approximate surface area is 131 Å². The fourth-order valence-corrected chi connectivity index (χ4v) is 4.05. The van der Waals surface area contributed by atoms with Gasteiger partial charge in [0.05, 0.1) is 34.3 Å². The fraction of sp³-hybridized carbons (Fsp3) is 0.333. The van der Waals surface area contributed by atoms with Crippen LogP contribution >= 0.6 is 23.2 Å². The highest BCUT2D eigenvalue weighted by molar-refractivity contribution is 6.38. The van der Waals surface area contributed by atoms with E-state index in [9.17, 15) is 9.59 Å². The molecular formula is C15H11Cl2NO3. The molecular weight excluding hydrogens is 313 g/mol. The minimum absolute atomic E-state index is 0.257. The molecule has 2 amide bonds. The van der Waals surface area contributed by atoms with E-state index in [1.54, 1.807) is 12.1 Å². The van der Waals surface area contributed by atoms with E-state index in [1.165, 1.54) is 11.0 Å². The number of benzene rings is 1. The van der Waals surface area contributed by atoms with Gasteiger partial charge in [0.25, 0.3) is 0 Å². The molecule has 2 fully saturated rings. The first-order valence-corrected chi connectivity index (χ1v) is 7.38. The first-order valence-electron chi connectivity index (χ1n) is 6.62. The molecule has 3 heterocycles. The average molecular weight is 324 g/mol. The van der Waals surface area contributed by atoms with Crippen molar-refractivity contribution in [3.63, 3.8) is 0 Å². The van der Waals surface area contributed by atoms with Gasteiger partial charge in [-0.15, -0.1) is 0 Å². The van der Waals surface area contributed by atoms with E-state index >= 15 is 0 Å². The molecule has 2 saturated heterocycles. The van der Waals surface area contributed by atoms with E-state index in [1.807, 2.05) is 19.1 Å². The van der Waals surface area contributed by atoms with Crippen LogP contribution in [-0.4, -0.2) is 23.5 Å². The highest BCUT2D eigenvalue weighted by atomic mass is 35.5. The van der Waals surface area contributed by atoms with Crippen LogP contribution in [0.2, 0.25) is 10.0 Å². The quantitative estimate of drug-likeness (QED) is 0.589. The minimum atomic E-state index is -0.699. The number of carbonyl (C=O) groups is 2. The summed E-state index contributed by atoms with van der Waals surface area (Å²) in [6.45, 7) is 1.84. The molecule has 4 rings (SSSR count). The summed E-state index contributed by atoms with van der Waals surface area (Å²) in [7, 11) is 0. The van der Waals surface area contributed by atoms with Gasteiger partial charge in [-0.25, -0.2) is 4.90 Å². The van der Waals surface area contributed by atoms with Crippen molar-refractivity contribution in [3.8, 4) is 0 Å². The van der Waals surface area contributed by atoms with Gasteiger partial charge in [-0.3, -0.25) is 9.59 Å². The van der Waals surface area contributed by atoms with Gasteiger partial charge in [-0.05, 0) is 25.1 Å². The second kappa shape index (κ2) is 4.09. The second-order valence-electron chi connectivity index (χ2n) is 5.74. The first-order chi connectivity index (χ1) is 9.92. The van der Waals surface area contributed by atoms with Crippen LogP contribution in [-0.2, 0) is 14.3 Å². The van der Waals surface area contributed by atoms with Gasteiger partial charge in [0.1, 0.15) is 0 Å². The summed E-state index contributed by atoms with van der Waals surface area (Å²) in [5, 5.41) is 0.746. The summed E-state index contributed by atoms with van der Waals surface area (Å²) in [5.74, 6) is -1.46. The zero-order chi connectivity index (χ0) is 14.9. The monoisotopic (exact) mass is 323 g/mol. The number of hydrogen-bond donors (Lipinski definition) is 0. The Morgan fingerprint density at radius 3 is 2.67 bits per heavy atom. The smallest absolute Gasteiger partial charge is 0.241 e. The first kappa shape index (κ1) is 13.3. The van der Waals surface area contributed by atoms with Crippen LogP contribution in [0.4, 0.5) is 5.69 Å². The van der Waals surface area contributed by atoms with Gasteiger partial charge in [-0.1, -0.05) is 35.4 Å². The molecule has 0 aliphatic carbocycles. The van der Waals surface area contributed by atoms with Crippen molar-refractivity contribution in [1.29, 1.82) is 0 Å². The van der Waals surface area contributed by atoms with Crippen molar-refractivity contribution in [3.05, 3.63) is 40.4 Å². The Hall–Kier alpha value is -1.36. The van der Waals surface area contributed by atoms with Gasteiger partial charge in [0.15, 0.2) is 0 Å². The lowest BCUT2D eigenvalue weighted by molar-refractivity contribution is -0.126. The Balaban J connectivity index is 1.80. The van der Waals surface area contributed by atoms with Crippen LogP contribution in [0.15, 0.2) is 30.4 Å². The maximum absolute atomic E-state index is 12.7. The molecule has 0 radical (unpaired) electrons. The lowest BCUT2D eigenvalue weighted by Gasteiger charge is -2.24. The summed E-state index contributed by atoms with van der Waals surface area (Å²) < 4.78 is 5.77. The van der Waals surface area contributed by atoms with E-state index in [2.05, 4.69) is 0 Å². The number of hydrogen-bond acceptors (Lipinski definition) is 3. The number of carbonyl (C=O) groups excluding carboxylic acids is 2. The van der Waals surface area contributed by atoms with Gasteiger partial charge in [0, 0.05) is 5.02 Å². The van der Waals surface area contributed by atoms with Crippen LogP contribution in [0, 0.1) is 11.8 Å². The summed E-state index contributed by atoms with van der Waals surface area (Å²) in [4.78, 5) is 26.6. The number of halogens is 2. The van der Waals surface area contributed by atoms with E-state index in [0.717, 1.165) is 0 Å². The van der Waals surface area contributed by atoms with Crippen LogP contribution in [0.1, 0.15) is 6.92 Å². The number of nitrogens with zero attached hydrogens (tertiary/aromatic N) is 1. The predicted molar refractivity (Wildman–Crippen MR) is 78.4 cm³/mol. The molecule has 0 spiro atoms. The average Bonchev–Trinajstić information content (AvgIpc) is 3.01. The number of fused-ring (bicyclic) bond motifs is 5. The summed E-state index contributed by atoms with van der Waals surface area (Å²) in [6, 6.07) is 4.74. The maximum Gasteiger partial charge on any atom is 0.241 e. The van der Waals surface area contributed by atoms with E-state index in [4.69, 9.17) is 27.9 Å². The molecule has 3 aliphatic rings. The predicted octanol–water partition coefficient (Wildman–Crippen LogP) is 2.83. The van der Waals surface area contributed by atoms with Crippen molar-refractivity contribution in [1.82, 2.24) is 0 Å². The zero-order valence-corrected chi connectivity index (χ0v) is 12.6. The van der Waals surface area contributed by atoms with Crippen LogP contribution < -0.4 is 4.90 Å². The van der Waals surface area contributed by atoms with E-state index in [-0.39, 0.29) is 22.9 Å². The van der Waals surface area contributed by atoms with Crippen molar-refractivity contribution >= 4 is 40.7 Å². The van der Waals surface area contributed by atoms with Gasteiger partial charge in [0.2, 0.25) is 11.8 Å². The Bertz CT molecular complexity index is 717. The topological polar surface area (TPSA) is 46.6 Å². The standard InChI is InChI=1S/C15H11Cl2NO3/c1-15-5-4-10(21-15)11-12(15)14(20)18(13(11)19)9-3-2-7(16)6-8(9)17/h2-6,10-12H,1H3. The molecule has 0 N–H and O–H groups in total. The van der Waals surface area contributed by atoms with Gasteiger partial charge < -0.3 is 4.74 Å². The third kappa shape index (κ3) is 1.61. The largest absolute Gasteiger partial charge is 0.362 e. The normalized spacial score (nSPS) is 36.7. The molecule has 1 aromatic carbocycles. The Kier molecular flexibility index (Phi) is 2.60. The molecule has 4 unspecified atom stereocenters. The second-order valence-corrected chi connectivity index (χ2v) is 6.58. The number of imide groups is 1. The van der Waals surface area contributed by atoms with Crippen LogP contribution in [0.3, 0.4) is 0 Å². The zero-order valence-electron chi connectivity index (χ0n) is 11.0. The summed E-state index contributed by atoms with van der Waals surface area (Å²) >= 11 is 12.0. The number of anilines is 1. The highest BCUT2D eigenvalue weighted by Crippen LogP contribution is 2.52. The molecule has 1 aromatic rings. The van der Waals surface area contributed by atoms with Gasteiger partial charge >= 0.3 is 0 Å². The maximum atomic E-state index is 12.7.